The first-order valence-electron chi connectivity index (χ1n) is 6.77. The molecule has 1 aromatic heterocycles. The molecule has 0 radical (unpaired) electrons. The number of nitrogens with one attached hydrogen (secondary N) is 1. The molecule has 20 heavy (non-hydrogen) atoms. The summed E-state index contributed by atoms with van der Waals surface area (Å²) in [7, 11) is 0. The first kappa shape index (κ1) is 12.7. The van der Waals surface area contributed by atoms with Gasteiger partial charge in [0.1, 0.15) is 5.82 Å². The lowest BCUT2D eigenvalue weighted by atomic mass is 10.0. The van der Waals surface area contributed by atoms with E-state index in [4.69, 9.17) is 0 Å². The van der Waals surface area contributed by atoms with Crippen molar-refractivity contribution in [1.29, 1.82) is 0 Å². The van der Waals surface area contributed by atoms with Gasteiger partial charge in [0, 0.05) is 17.5 Å². The third-order valence-corrected chi connectivity index (χ3v) is 3.78. The molecule has 104 valence electrons. The van der Waals surface area contributed by atoms with Gasteiger partial charge in [-0.15, -0.1) is 0 Å². The van der Waals surface area contributed by atoms with Gasteiger partial charge in [0.15, 0.2) is 11.5 Å². The summed E-state index contributed by atoms with van der Waals surface area (Å²) in [6.07, 6.45) is 4.48. The van der Waals surface area contributed by atoms with Crippen molar-refractivity contribution in [2.75, 3.05) is 0 Å². The highest BCUT2D eigenvalue weighted by atomic mass is 16.3. The highest BCUT2D eigenvalue weighted by molar-refractivity contribution is 5.60. The molecular formula is C15H16N2O3. The van der Waals surface area contributed by atoms with Gasteiger partial charge in [-0.25, -0.2) is 4.98 Å². The number of aromatic hydroxyl groups is 2. The van der Waals surface area contributed by atoms with Gasteiger partial charge >= 0.3 is 0 Å². The van der Waals surface area contributed by atoms with Crippen molar-refractivity contribution in [3.8, 4) is 22.9 Å². The maximum atomic E-state index is 11.8. The molecule has 3 N–H and O–H groups in total. The van der Waals surface area contributed by atoms with Crippen LogP contribution in [0.1, 0.15) is 37.3 Å². The van der Waals surface area contributed by atoms with Gasteiger partial charge in [-0.05, 0) is 31.0 Å². The highest BCUT2D eigenvalue weighted by Gasteiger charge is 2.19. The molecule has 0 atom stereocenters. The monoisotopic (exact) mass is 272 g/mol. The molecule has 1 aromatic carbocycles. The summed E-state index contributed by atoms with van der Waals surface area (Å²) in [6, 6.07) is 5.95. The first-order valence-corrected chi connectivity index (χ1v) is 6.77. The maximum absolute atomic E-state index is 11.8. The molecule has 5 nitrogen and oxygen atoms in total. The molecule has 0 bridgehead atoms. The van der Waals surface area contributed by atoms with Crippen molar-refractivity contribution in [3.05, 3.63) is 40.3 Å². The van der Waals surface area contributed by atoms with Crippen molar-refractivity contribution in [3.63, 3.8) is 0 Å². The van der Waals surface area contributed by atoms with E-state index in [9.17, 15) is 15.0 Å². The third-order valence-electron chi connectivity index (χ3n) is 3.78. The van der Waals surface area contributed by atoms with E-state index in [1.807, 2.05) is 0 Å². The minimum atomic E-state index is -0.226. The van der Waals surface area contributed by atoms with Gasteiger partial charge in [0.25, 0.3) is 5.56 Å². The van der Waals surface area contributed by atoms with Crippen molar-refractivity contribution < 1.29 is 10.2 Å². The Hall–Kier alpha value is -2.30. The number of rotatable bonds is 2. The fourth-order valence-electron chi connectivity index (χ4n) is 2.71. The van der Waals surface area contributed by atoms with Crippen LogP contribution in [0, 0.1) is 0 Å². The number of nitrogens with zero attached hydrogens (tertiary/aromatic N) is 1. The van der Waals surface area contributed by atoms with Crippen LogP contribution in [0.15, 0.2) is 29.1 Å². The summed E-state index contributed by atoms with van der Waals surface area (Å²) in [5.74, 6) is 0.357. The highest BCUT2D eigenvalue weighted by Crippen LogP contribution is 2.33. The van der Waals surface area contributed by atoms with Crippen LogP contribution in [-0.4, -0.2) is 20.2 Å². The number of H-pyrrole nitrogens is 1. The van der Waals surface area contributed by atoms with Crippen LogP contribution in [-0.2, 0) is 0 Å². The van der Waals surface area contributed by atoms with Gasteiger partial charge < -0.3 is 15.2 Å². The van der Waals surface area contributed by atoms with E-state index in [-0.39, 0.29) is 17.1 Å². The quantitative estimate of drug-likeness (QED) is 0.733. The van der Waals surface area contributed by atoms with Crippen LogP contribution in [0.3, 0.4) is 0 Å². The lowest BCUT2D eigenvalue weighted by Gasteiger charge is -2.10. The average Bonchev–Trinajstić information content (AvgIpc) is 2.95. The minimum Gasteiger partial charge on any atom is -0.504 e. The molecule has 0 aliphatic heterocycles. The van der Waals surface area contributed by atoms with Crippen LogP contribution < -0.4 is 5.56 Å². The number of benzene rings is 1. The van der Waals surface area contributed by atoms with Gasteiger partial charge in [0.05, 0.1) is 5.69 Å². The molecule has 1 aliphatic carbocycles. The molecule has 5 heteroatoms. The fourth-order valence-corrected chi connectivity index (χ4v) is 2.71. The van der Waals surface area contributed by atoms with E-state index in [2.05, 4.69) is 9.97 Å². The lowest BCUT2D eigenvalue weighted by Crippen LogP contribution is -2.12. The number of phenolic OH excluding ortho intramolecular Hbond substituents is 2. The number of phenols is 2. The first-order chi connectivity index (χ1) is 9.63. The molecule has 2 aromatic rings. The SMILES string of the molecule is O=c1cc(C2CCCC2)nc(-c2ccc(O)c(O)c2)[nH]1. The summed E-state index contributed by atoms with van der Waals surface area (Å²) >= 11 is 0. The fraction of sp³-hybridized carbons (Fsp3) is 0.333. The maximum Gasteiger partial charge on any atom is 0.251 e. The van der Waals surface area contributed by atoms with Crippen molar-refractivity contribution >= 4 is 0 Å². The van der Waals surface area contributed by atoms with Gasteiger partial charge in [-0.2, -0.15) is 0 Å². The topological polar surface area (TPSA) is 86.2 Å². The second-order valence-electron chi connectivity index (χ2n) is 5.20. The number of aromatic amines is 1. The number of hydrogen-bond acceptors (Lipinski definition) is 4. The largest absolute Gasteiger partial charge is 0.504 e. The predicted octanol–water partition coefficient (Wildman–Crippen LogP) is 2.51. The van der Waals surface area contributed by atoms with Crippen LogP contribution in [0.5, 0.6) is 11.5 Å². The second kappa shape index (κ2) is 5.00. The molecule has 3 rings (SSSR count). The van der Waals surface area contributed by atoms with E-state index in [1.165, 1.54) is 25.0 Å². The normalized spacial score (nSPS) is 15.6. The number of hydrogen-bond donors (Lipinski definition) is 3. The van der Waals surface area contributed by atoms with Crippen molar-refractivity contribution in [2.45, 2.75) is 31.6 Å². The van der Waals surface area contributed by atoms with Gasteiger partial charge in [-0.1, -0.05) is 12.8 Å². The van der Waals surface area contributed by atoms with Crippen LogP contribution in [0.4, 0.5) is 0 Å². The van der Waals surface area contributed by atoms with Gasteiger partial charge in [0.2, 0.25) is 0 Å². The summed E-state index contributed by atoms with van der Waals surface area (Å²) in [4.78, 5) is 19.0. The molecule has 1 fully saturated rings. The molecule has 0 spiro atoms. The van der Waals surface area contributed by atoms with Crippen molar-refractivity contribution in [1.82, 2.24) is 9.97 Å². The standard InChI is InChI=1S/C15H16N2O3/c18-12-6-5-10(7-13(12)19)15-16-11(8-14(20)17-15)9-3-1-2-4-9/h5-9,18-19H,1-4H2,(H,16,17,20). The van der Waals surface area contributed by atoms with E-state index in [0.29, 0.717) is 17.3 Å². The zero-order valence-electron chi connectivity index (χ0n) is 11.0. The summed E-state index contributed by atoms with van der Waals surface area (Å²) < 4.78 is 0. The van der Waals surface area contributed by atoms with Gasteiger partial charge in [-0.3, -0.25) is 4.79 Å². The lowest BCUT2D eigenvalue weighted by molar-refractivity contribution is 0.404. The molecule has 0 saturated heterocycles. The Morgan fingerprint density at radius 1 is 1.10 bits per heavy atom. The summed E-state index contributed by atoms with van der Waals surface area (Å²) in [6.45, 7) is 0. The Bertz CT molecular complexity index is 688. The Balaban J connectivity index is 2.04. The molecule has 0 amide bonds. The predicted molar refractivity (Wildman–Crippen MR) is 74.8 cm³/mol. The van der Waals surface area contributed by atoms with Crippen molar-refractivity contribution in [2.24, 2.45) is 0 Å². The smallest absolute Gasteiger partial charge is 0.251 e. The Morgan fingerprint density at radius 3 is 2.55 bits per heavy atom. The Morgan fingerprint density at radius 2 is 1.85 bits per heavy atom. The molecule has 0 unspecified atom stereocenters. The minimum absolute atomic E-state index is 0.190. The molecule has 1 aliphatic rings. The Kier molecular flexibility index (Phi) is 3.18. The van der Waals surface area contributed by atoms with E-state index in [0.717, 1.165) is 18.5 Å². The molecule has 1 heterocycles. The summed E-state index contributed by atoms with van der Waals surface area (Å²) in [5.41, 5.74) is 1.20. The van der Waals surface area contributed by atoms with E-state index < -0.39 is 0 Å². The zero-order valence-corrected chi connectivity index (χ0v) is 11.0. The van der Waals surface area contributed by atoms with E-state index >= 15 is 0 Å². The average molecular weight is 272 g/mol. The van der Waals surface area contributed by atoms with Crippen LogP contribution in [0.25, 0.3) is 11.4 Å². The van der Waals surface area contributed by atoms with E-state index in [1.54, 1.807) is 12.1 Å². The molecule has 1 saturated carbocycles. The van der Waals surface area contributed by atoms with Crippen LogP contribution in [0.2, 0.25) is 0 Å². The second-order valence-corrected chi connectivity index (χ2v) is 5.20. The number of aromatic nitrogens is 2. The van der Waals surface area contributed by atoms with Crippen LogP contribution >= 0.6 is 0 Å². The third kappa shape index (κ3) is 2.39. The Labute approximate surface area is 115 Å². The molecular weight excluding hydrogens is 256 g/mol. The zero-order chi connectivity index (χ0) is 14.1. The summed E-state index contributed by atoms with van der Waals surface area (Å²) in [5, 5.41) is 18.9.